The fraction of sp³-hybridized carbons (Fsp3) is 0.945. The average Bonchev–Trinajstić information content (AvgIpc) is 3.47. The number of rotatable bonds is 16. The van der Waals surface area contributed by atoms with Crippen LogP contribution in [0.15, 0.2) is 0 Å². The van der Waals surface area contributed by atoms with Crippen molar-refractivity contribution in [3.05, 3.63) is 0 Å². The van der Waals surface area contributed by atoms with Crippen molar-refractivity contribution in [1.82, 2.24) is 0 Å². The normalized spacial score (nSPS) is 44.3. The molecule has 6 heterocycles. The minimum atomic E-state index is -2.02. The monoisotopic (exact) mass is 1150 g/mol. The molecular weight excluding hydrogens is 1060 g/mol. The van der Waals surface area contributed by atoms with Crippen molar-refractivity contribution in [2.45, 2.75) is 312 Å². The van der Waals surface area contributed by atoms with Gasteiger partial charge in [-0.3, -0.25) is 14.4 Å². The standard InChI is InChI=1S/C55H94O25/c1-10-12-18-21-31-22-19-16-14-13-15-17-20-23-33(57)74-45-41(65)53(79-46-37(61)34(58)27(6)68-54(46)72-31)70-29(8)43(45)78-55-48(76-50(67)26(5)11-2)47(80-52-39(63)36(60)35(59)32(24-56)73-52)44(30(9)71-55)77-51-40(64)38(62)42(28(7)69-51)75-49(66)25(3)4/h25-32,34-48,51-56,58-65H,10-24H2,1-9H3/t26-,27+,28-,29-,30-,31-,32+,34-,35+,36-,37-,38-,39+,40+,41+,42-,43-,44-,45-,46+,47+,48+,51-,52-,53-,54-,55-/m0/s1. The molecule has 9 N–H and O–H groups in total. The predicted molar refractivity (Wildman–Crippen MR) is 275 cm³/mol. The Bertz CT molecular complexity index is 1880. The van der Waals surface area contributed by atoms with Gasteiger partial charge in [-0.2, -0.15) is 0 Å². The molecular formula is C55H94O25. The molecule has 2 bridgehead atoms. The first-order valence-corrected chi connectivity index (χ1v) is 29.2. The number of esters is 3. The fourth-order valence-corrected chi connectivity index (χ4v) is 10.8. The molecule has 0 aromatic heterocycles. The van der Waals surface area contributed by atoms with Crippen molar-refractivity contribution in [3.8, 4) is 0 Å². The van der Waals surface area contributed by atoms with Gasteiger partial charge in [-0.25, -0.2) is 0 Å². The van der Waals surface area contributed by atoms with E-state index in [1.807, 2.05) is 0 Å². The first kappa shape index (κ1) is 66.8. The molecule has 0 aliphatic carbocycles. The molecule has 27 atom stereocenters. The molecule has 25 heteroatoms. The summed E-state index contributed by atoms with van der Waals surface area (Å²) in [7, 11) is 0. The molecule has 0 spiro atoms. The molecule has 0 unspecified atom stereocenters. The topological polar surface area (TPSA) is 353 Å². The van der Waals surface area contributed by atoms with Crippen molar-refractivity contribution in [3.63, 3.8) is 0 Å². The zero-order valence-corrected chi connectivity index (χ0v) is 47.8. The Balaban J connectivity index is 1.37. The van der Waals surface area contributed by atoms with Gasteiger partial charge < -0.3 is 108 Å². The van der Waals surface area contributed by atoms with Gasteiger partial charge in [-0.1, -0.05) is 92.4 Å². The van der Waals surface area contributed by atoms with Crippen LogP contribution >= 0.6 is 0 Å². The summed E-state index contributed by atoms with van der Waals surface area (Å²) in [5.41, 5.74) is 0. The molecule has 6 aliphatic rings. The number of carbonyl (C=O) groups excluding carboxylic acids is 3. The van der Waals surface area contributed by atoms with E-state index in [0.717, 1.165) is 57.8 Å². The van der Waals surface area contributed by atoms with Gasteiger partial charge >= 0.3 is 17.9 Å². The van der Waals surface area contributed by atoms with E-state index in [1.54, 1.807) is 34.6 Å². The summed E-state index contributed by atoms with van der Waals surface area (Å²) in [6, 6.07) is 0. The first-order chi connectivity index (χ1) is 38.0. The second-order valence-electron chi connectivity index (χ2n) is 22.9. The molecule has 6 aliphatic heterocycles. The van der Waals surface area contributed by atoms with Crippen molar-refractivity contribution in [2.75, 3.05) is 6.61 Å². The number of ether oxygens (including phenoxy) is 13. The second kappa shape index (κ2) is 31.2. The minimum absolute atomic E-state index is 0.0469. The summed E-state index contributed by atoms with van der Waals surface area (Å²) >= 11 is 0. The lowest BCUT2D eigenvalue weighted by Crippen LogP contribution is -2.68. The summed E-state index contributed by atoms with van der Waals surface area (Å²) in [6.07, 6.45) is -29.8. The lowest BCUT2D eigenvalue weighted by atomic mass is 9.95. The highest BCUT2D eigenvalue weighted by Crippen LogP contribution is 2.39. The lowest BCUT2D eigenvalue weighted by Gasteiger charge is -2.51. The van der Waals surface area contributed by atoms with Crippen LogP contribution in [0.5, 0.6) is 0 Å². The van der Waals surface area contributed by atoms with E-state index in [4.69, 9.17) is 61.6 Å². The Kier molecular flexibility index (Phi) is 26.0. The molecule has 0 aromatic carbocycles. The lowest BCUT2D eigenvalue weighted by molar-refractivity contribution is -0.400. The molecule has 25 nitrogen and oxygen atoms in total. The first-order valence-electron chi connectivity index (χ1n) is 29.2. The highest BCUT2D eigenvalue weighted by molar-refractivity contribution is 5.72. The number of unbranched alkanes of at least 4 members (excludes halogenated alkanes) is 2. The highest BCUT2D eigenvalue weighted by Gasteiger charge is 2.59. The van der Waals surface area contributed by atoms with Gasteiger partial charge in [0.1, 0.15) is 79.4 Å². The van der Waals surface area contributed by atoms with Crippen LogP contribution in [0.3, 0.4) is 0 Å². The Hall–Kier alpha value is -2.35. The third-order valence-corrected chi connectivity index (χ3v) is 16.2. The molecule has 6 rings (SSSR count). The molecule has 464 valence electrons. The second-order valence-corrected chi connectivity index (χ2v) is 22.9. The van der Waals surface area contributed by atoms with Crippen molar-refractivity contribution in [2.24, 2.45) is 11.8 Å². The number of carbonyl (C=O) groups is 3. The van der Waals surface area contributed by atoms with Crippen molar-refractivity contribution < 1.29 is 122 Å². The van der Waals surface area contributed by atoms with Gasteiger partial charge in [0.15, 0.2) is 49.8 Å². The minimum Gasteiger partial charge on any atom is -0.457 e. The van der Waals surface area contributed by atoms with Crippen LogP contribution in [0, 0.1) is 11.8 Å². The third-order valence-electron chi connectivity index (χ3n) is 16.2. The van der Waals surface area contributed by atoms with Crippen LogP contribution in [-0.2, 0) is 76.0 Å². The van der Waals surface area contributed by atoms with Gasteiger partial charge in [0, 0.05) is 6.42 Å². The average molecular weight is 1160 g/mol. The maximum atomic E-state index is 14.1. The number of aliphatic hydroxyl groups is 9. The van der Waals surface area contributed by atoms with Gasteiger partial charge in [-0.05, 0) is 53.4 Å². The zero-order chi connectivity index (χ0) is 58.7. The molecule has 0 amide bonds. The molecule has 80 heavy (non-hydrogen) atoms. The molecule has 0 radical (unpaired) electrons. The SMILES string of the molecule is CCCCC[C@H]1CCCCCCCCCC(=O)O[C@H]2[C@@H](O)[C@H](O[C@H]3[C@H](O1)O[C@H](C)[C@H](O)[C@@H]3O)O[C@@H](C)[C@@H]2O[C@@H]1O[C@@H](C)[C@H](O[C@@H]2O[C@@H](C)[C@H](OC(=O)C(C)C)[C@@H](O)[C@H]2O)[C@@H](O[C@@H]2O[C@H](CO)[C@@H](O)[C@H](O)[C@H]2O)[C@H]1OC(=O)[C@@H](C)CC. The van der Waals surface area contributed by atoms with E-state index in [-0.39, 0.29) is 18.9 Å². The van der Waals surface area contributed by atoms with Crippen molar-refractivity contribution >= 4 is 17.9 Å². The van der Waals surface area contributed by atoms with Crippen LogP contribution in [0.1, 0.15) is 152 Å². The summed E-state index contributed by atoms with van der Waals surface area (Å²) in [5.74, 6) is -3.58. The van der Waals surface area contributed by atoms with Crippen LogP contribution in [0.4, 0.5) is 0 Å². The summed E-state index contributed by atoms with van der Waals surface area (Å²) in [6.45, 7) is 13.8. The van der Waals surface area contributed by atoms with Gasteiger partial charge in [0.25, 0.3) is 0 Å². The Morgan fingerprint density at radius 2 is 1.10 bits per heavy atom. The predicted octanol–water partition coefficient (Wildman–Crippen LogP) is 1.04. The number of fused-ring (bicyclic) bond motifs is 3. The van der Waals surface area contributed by atoms with Gasteiger partial charge in [0.2, 0.25) is 0 Å². The van der Waals surface area contributed by atoms with E-state index in [0.29, 0.717) is 19.3 Å². The zero-order valence-electron chi connectivity index (χ0n) is 47.8. The Morgan fingerprint density at radius 3 is 1.76 bits per heavy atom. The third kappa shape index (κ3) is 16.7. The maximum absolute atomic E-state index is 14.1. The number of hydrogen-bond acceptors (Lipinski definition) is 25. The van der Waals surface area contributed by atoms with Gasteiger partial charge in [0.05, 0.1) is 49.0 Å². The molecule has 6 fully saturated rings. The van der Waals surface area contributed by atoms with E-state index in [2.05, 4.69) is 6.92 Å². The molecule has 0 saturated carbocycles. The van der Waals surface area contributed by atoms with Crippen LogP contribution < -0.4 is 0 Å². The van der Waals surface area contributed by atoms with E-state index >= 15 is 0 Å². The van der Waals surface area contributed by atoms with E-state index in [9.17, 15) is 60.3 Å². The number of aliphatic hydroxyl groups excluding tert-OH is 9. The highest BCUT2D eigenvalue weighted by atomic mass is 16.8. The smallest absolute Gasteiger partial charge is 0.309 e. The van der Waals surface area contributed by atoms with Gasteiger partial charge in [-0.15, -0.1) is 0 Å². The molecule has 0 aromatic rings. The van der Waals surface area contributed by atoms with Crippen LogP contribution in [-0.4, -0.2) is 230 Å². The largest absolute Gasteiger partial charge is 0.457 e. The van der Waals surface area contributed by atoms with Crippen LogP contribution in [0.25, 0.3) is 0 Å². The Labute approximate surface area is 469 Å². The van der Waals surface area contributed by atoms with E-state index in [1.165, 1.54) is 20.8 Å². The Morgan fingerprint density at radius 1 is 0.525 bits per heavy atom. The summed E-state index contributed by atoms with van der Waals surface area (Å²) < 4.78 is 81.2. The summed E-state index contributed by atoms with van der Waals surface area (Å²) in [5, 5.41) is 101. The van der Waals surface area contributed by atoms with E-state index < -0.39 is 190 Å². The number of hydrogen-bond donors (Lipinski definition) is 9. The summed E-state index contributed by atoms with van der Waals surface area (Å²) in [4.78, 5) is 40.6. The van der Waals surface area contributed by atoms with Crippen LogP contribution in [0.2, 0.25) is 0 Å². The molecule has 6 saturated heterocycles. The van der Waals surface area contributed by atoms with Crippen molar-refractivity contribution in [1.29, 1.82) is 0 Å². The quantitative estimate of drug-likeness (QED) is 0.0592. The fourth-order valence-electron chi connectivity index (χ4n) is 10.8. The maximum Gasteiger partial charge on any atom is 0.309 e.